The molecule has 4 bridgehead atoms. The second-order valence-corrected chi connectivity index (χ2v) is 40.6. The number of alkyl halides is 3. The predicted octanol–water partition coefficient (Wildman–Crippen LogP) is 26.1. The molecule has 0 spiro atoms. The molecule has 1 aromatic heterocycles. The summed E-state index contributed by atoms with van der Waals surface area (Å²) in [5.41, 5.74) is 1.65. The van der Waals surface area contributed by atoms with Crippen molar-refractivity contribution in [1.82, 2.24) is 0 Å². The summed E-state index contributed by atoms with van der Waals surface area (Å²) >= 11 is 0. The van der Waals surface area contributed by atoms with Crippen LogP contribution in [0, 0.1) is 33.5 Å². The minimum absolute atomic E-state index is 0.00100. The van der Waals surface area contributed by atoms with E-state index in [0.29, 0.717) is 86.7 Å². The second-order valence-electron chi connectivity index (χ2n) is 37.2. The summed E-state index contributed by atoms with van der Waals surface area (Å²) in [6.07, 6.45) is 5.27. The normalized spacial score (nSPS) is 19.9. The van der Waals surface area contributed by atoms with Crippen LogP contribution in [0.5, 0.6) is 11.5 Å². The van der Waals surface area contributed by atoms with Crippen LogP contribution < -0.4 is 0 Å². The summed E-state index contributed by atoms with van der Waals surface area (Å²) in [7, 11) is -5.21. The van der Waals surface area contributed by atoms with Crippen molar-refractivity contribution in [1.29, 1.82) is 0 Å². The number of rotatable bonds is 23. The molecule has 6 fully saturated rings. The first-order chi connectivity index (χ1) is 58.1. The highest BCUT2D eigenvalue weighted by atomic mass is 32.2. The van der Waals surface area contributed by atoms with Crippen LogP contribution >= 0.6 is 10.5 Å². The highest BCUT2D eigenvalue weighted by Gasteiger charge is 2.64. The van der Waals surface area contributed by atoms with E-state index >= 15 is 0 Å². The summed E-state index contributed by atoms with van der Waals surface area (Å²) in [5.74, 6) is -1.05. The predicted molar refractivity (Wildman–Crippen MR) is 492 cm³/mol. The summed E-state index contributed by atoms with van der Waals surface area (Å²) in [6, 6.07) is 62.1. The number of ether oxygens (including phenoxy) is 5. The van der Waals surface area contributed by atoms with Crippen LogP contribution in [0.1, 0.15) is 306 Å². The SMILES string of the molecule is CCC(C)(C)C(=O)OC1(C)CCCC1.CCC(C)(C)C(=O)OC12CC3CC(C1)CC(C(=O)OC(CS(=O)(=O)[O-])C(F)(F)F)(C3)C2.CCC(C)(C)C(=O)OC1CCOC1=O.CCC(C)c1ccc(C(C)(C)O)cc1.CCC(C)c1ccc(O)cc1.CCC(C)c1ccc(O)cc1.CCC(C)c1ccccc1.c1ccc(-[s+]2c3ccccc3c3ccccc32)cc1. The Kier molecular flexibility index (Phi) is 38.8. The van der Waals surface area contributed by atoms with Crippen molar-refractivity contribution in [3.63, 3.8) is 0 Å². The highest BCUT2D eigenvalue weighted by molar-refractivity contribution is 7.85. The monoisotopic (exact) mass is 1750 g/mol. The molecule has 3 N–H and O–H groups in total. The van der Waals surface area contributed by atoms with E-state index in [0.717, 1.165) is 50.5 Å². The number of halogens is 3. The van der Waals surface area contributed by atoms with Crippen molar-refractivity contribution in [2.45, 2.75) is 313 Å². The summed E-state index contributed by atoms with van der Waals surface area (Å²) in [6.45, 7) is 40.4. The number of cyclic esters (lactones) is 1. The molecule has 8 atom stereocenters. The number of carbonyl (C=O) groups excluding carboxylic acids is 5. The van der Waals surface area contributed by atoms with Gasteiger partial charge in [0, 0.05) is 34.1 Å². The fraction of sp³-hybridized carbons (Fsp3) is 0.544. The lowest BCUT2D eigenvalue weighted by Crippen LogP contribution is -2.61. The minimum Gasteiger partial charge on any atom is -0.748 e. The van der Waals surface area contributed by atoms with E-state index in [9.17, 15) is 55.2 Å². The largest absolute Gasteiger partial charge is 0.748 e. The Labute approximate surface area is 740 Å². The summed E-state index contributed by atoms with van der Waals surface area (Å²) in [4.78, 5) is 61.5. The number of aliphatic hydroxyl groups is 1. The molecule has 7 aromatic carbocycles. The zero-order chi connectivity index (χ0) is 92.4. The molecule has 1 saturated heterocycles. The lowest BCUT2D eigenvalue weighted by molar-refractivity contribution is -0.239. The van der Waals surface area contributed by atoms with Gasteiger partial charge in [0.25, 0.3) is 0 Å². The Morgan fingerprint density at radius 3 is 1.29 bits per heavy atom. The Morgan fingerprint density at radius 2 is 0.911 bits per heavy atom. The fourth-order valence-electron chi connectivity index (χ4n) is 15.6. The molecule has 8 unspecified atom stereocenters. The van der Waals surface area contributed by atoms with E-state index in [-0.39, 0.29) is 51.7 Å². The quantitative estimate of drug-likeness (QED) is 0.0233. The van der Waals surface area contributed by atoms with Crippen LogP contribution in [0.3, 0.4) is 0 Å². The van der Waals surface area contributed by atoms with E-state index < -0.39 is 79.6 Å². The molecule has 1 aliphatic heterocycles. The number of hydrogen-bond donors (Lipinski definition) is 3. The number of aromatic hydroxyl groups is 2. The number of carbonyl (C=O) groups is 5. The number of phenols is 2. The molecule has 5 saturated carbocycles. The molecule has 124 heavy (non-hydrogen) atoms. The van der Waals surface area contributed by atoms with Gasteiger partial charge in [-0.25, -0.2) is 13.2 Å². The van der Waals surface area contributed by atoms with Gasteiger partial charge in [0.15, 0.2) is 14.3 Å². The van der Waals surface area contributed by atoms with Gasteiger partial charge in [-0.3, -0.25) is 19.2 Å². The van der Waals surface area contributed by atoms with Gasteiger partial charge in [0.2, 0.25) is 12.2 Å². The topological polar surface area (TPSA) is 249 Å². The maximum absolute atomic E-state index is 13.3. The molecule has 2 heterocycles. The third-order valence-corrected chi connectivity index (χ3v) is 28.6. The summed E-state index contributed by atoms with van der Waals surface area (Å²) < 4.78 is 101. The number of phenolic OH excluding ortho intramolecular Hbond substituents is 2. The van der Waals surface area contributed by atoms with E-state index in [4.69, 9.17) is 29.2 Å². The molecule has 682 valence electrons. The zero-order valence-electron chi connectivity index (χ0n) is 77.2. The number of thiophene rings is 1. The van der Waals surface area contributed by atoms with Crippen molar-refractivity contribution in [3.8, 4) is 16.4 Å². The highest BCUT2D eigenvalue weighted by Crippen LogP contribution is 2.64. The van der Waals surface area contributed by atoms with E-state index in [1.807, 2.05) is 84.9 Å². The van der Waals surface area contributed by atoms with Gasteiger partial charge < -0.3 is 43.6 Å². The van der Waals surface area contributed by atoms with Crippen LogP contribution in [0.4, 0.5) is 13.2 Å². The van der Waals surface area contributed by atoms with Crippen molar-refractivity contribution in [3.05, 3.63) is 210 Å². The minimum atomic E-state index is -5.27. The number of fused-ring (bicyclic) bond motifs is 3. The van der Waals surface area contributed by atoms with Gasteiger partial charge in [-0.05, 0) is 289 Å². The second kappa shape index (κ2) is 46.2. The first-order valence-electron chi connectivity index (χ1n) is 44.6. The van der Waals surface area contributed by atoms with E-state index in [2.05, 4.69) is 188 Å². The Balaban J connectivity index is 0.000000226. The van der Waals surface area contributed by atoms with E-state index in [1.165, 1.54) is 66.6 Å². The van der Waals surface area contributed by atoms with Gasteiger partial charge in [0.05, 0.1) is 49.7 Å². The van der Waals surface area contributed by atoms with Crippen molar-refractivity contribution in [2.75, 3.05) is 12.4 Å². The summed E-state index contributed by atoms with van der Waals surface area (Å²) in [5, 5.41) is 30.6. The van der Waals surface area contributed by atoms with E-state index in [1.54, 1.807) is 52.0 Å². The molecule has 0 amide bonds. The third-order valence-electron chi connectivity index (χ3n) is 25.6. The van der Waals surface area contributed by atoms with Crippen LogP contribution in [-0.4, -0.2) is 100 Å². The van der Waals surface area contributed by atoms with Gasteiger partial charge in [-0.1, -0.05) is 197 Å². The molecule has 0 radical (unpaired) electrons. The van der Waals surface area contributed by atoms with Gasteiger partial charge in [-0.2, -0.15) is 13.2 Å². The smallest absolute Gasteiger partial charge is 0.426 e. The van der Waals surface area contributed by atoms with Crippen LogP contribution in [0.2, 0.25) is 0 Å². The van der Waals surface area contributed by atoms with Crippen molar-refractivity contribution >= 4 is 70.6 Å². The first-order valence-corrected chi connectivity index (χ1v) is 47.4. The van der Waals surface area contributed by atoms with Crippen LogP contribution in [-0.2, 0) is 63.4 Å². The Hall–Kier alpha value is -8.63. The first kappa shape index (κ1) is 104. The fourth-order valence-corrected chi connectivity index (χ4v) is 18.6. The standard InChI is InChI=1S/C20H29F3O7S.C18H13S.C13H20O.C12H22O2.C10H16O4.2C10H14O.C10H14/c1-4-17(2,3)15(24)30-19-8-12-5-13(9-19)7-18(6-12,11-19)16(25)29-14(20(21,22)23)10-31(26,27)28;1-2-8-14(9-3-1)19-17-12-6-4-10-15(17)16-11-5-7-13-18(16)19;1-5-10(2)11-6-8-12(9-7-11)13(3,4)14;1-5-11(2,3)10(13)14-12(4)8-6-7-9-12;1-4-10(2,3)9(12)14-7-5-6-13-8(7)11;2*1-3-8(2)9-4-6-10(11)7-5-9;1-3-9(2)10-7-5-4-6-8-10/h12-14H,4-11H2,1-3H3,(H,26,27,28);1-13H;6-10,14H,5H2,1-4H3;5-9H2,1-4H3;7H,4-6H2,1-3H3;2*4-8,11H,3H2,1-2H3;4-9H,3H2,1-2H3/q;+1;;;;;;/p-1. The lowest BCUT2D eigenvalue weighted by atomic mass is 9.48. The third kappa shape index (κ3) is 30.6. The van der Waals surface area contributed by atoms with Crippen LogP contribution in [0.25, 0.3) is 25.1 Å². The van der Waals surface area contributed by atoms with Gasteiger partial charge in [-0.15, -0.1) is 0 Å². The number of benzene rings is 7. The Morgan fingerprint density at radius 1 is 0.532 bits per heavy atom. The molecule has 6 aliphatic rings. The number of hydrogen-bond acceptors (Lipinski definition) is 16. The molecular formula is C103H141F3O16S2. The Bertz CT molecular complexity index is 4640. The maximum Gasteiger partial charge on any atom is 0.426 e. The zero-order valence-corrected chi connectivity index (χ0v) is 78.8. The van der Waals surface area contributed by atoms with Crippen LogP contribution in [0.15, 0.2) is 182 Å². The average Bonchev–Trinajstić information content (AvgIpc) is 0.885. The van der Waals surface area contributed by atoms with Crippen molar-refractivity contribution < 1.29 is 89.1 Å². The molecule has 14 rings (SSSR count). The lowest BCUT2D eigenvalue weighted by Gasteiger charge is -2.60. The van der Waals surface area contributed by atoms with Crippen molar-refractivity contribution in [2.24, 2.45) is 33.5 Å². The van der Waals surface area contributed by atoms with Gasteiger partial charge >= 0.3 is 36.0 Å². The number of esters is 5. The molecule has 16 nitrogen and oxygen atoms in total. The molecule has 21 heteroatoms. The molecule has 8 aromatic rings. The molecular weight excluding hydrogens is 1610 g/mol. The molecule has 5 aliphatic carbocycles. The van der Waals surface area contributed by atoms with Gasteiger partial charge in [0.1, 0.15) is 22.7 Å². The average molecular weight is 1760 g/mol. The maximum atomic E-state index is 13.3.